The Morgan fingerprint density at radius 1 is 1.00 bits per heavy atom. The van der Waals surface area contributed by atoms with Crippen molar-refractivity contribution >= 4 is 46.8 Å². The minimum Gasteiger partial charge on any atom is -0.352 e. The fourth-order valence-electron chi connectivity index (χ4n) is 3.87. The summed E-state index contributed by atoms with van der Waals surface area (Å²) in [6, 6.07) is 14.7. The minimum atomic E-state index is -0.541. The van der Waals surface area contributed by atoms with Gasteiger partial charge in [-0.2, -0.15) is 0 Å². The van der Waals surface area contributed by atoms with Gasteiger partial charge < -0.3 is 10.2 Å². The van der Waals surface area contributed by atoms with Crippen molar-refractivity contribution in [2.24, 2.45) is 0 Å². The number of halogens is 2. The average molecular weight is 494 g/mol. The molecule has 4 nitrogen and oxygen atoms in total. The maximum Gasteiger partial charge on any atom is 0.242 e. The predicted molar refractivity (Wildman–Crippen MR) is 133 cm³/mol. The van der Waals surface area contributed by atoms with E-state index in [1.165, 1.54) is 6.42 Å². The molecule has 2 aromatic rings. The van der Waals surface area contributed by atoms with Crippen molar-refractivity contribution in [1.82, 2.24) is 10.2 Å². The van der Waals surface area contributed by atoms with Crippen LogP contribution in [0.4, 0.5) is 0 Å². The number of thioether (sulfide) groups is 1. The van der Waals surface area contributed by atoms with E-state index >= 15 is 0 Å². The van der Waals surface area contributed by atoms with E-state index in [1.54, 1.807) is 16.7 Å². The van der Waals surface area contributed by atoms with E-state index in [2.05, 4.69) is 5.32 Å². The topological polar surface area (TPSA) is 49.4 Å². The van der Waals surface area contributed by atoms with Crippen molar-refractivity contribution < 1.29 is 9.59 Å². The quantitative estimate of drug-likeness (QED) is 0.415. The van der Waals surface area contributed by atoms with E-state index in [0.717, 1.165) is 36.1 Å². The monoisotopic (exact) mass is 492 g/mol. The number of hydrogen-bond donors (Lipinski definition) is 1. The number of hydrogen-bond acceptors (Lipinski definition) is 3. The Labute approximate surface area is 205 Å². The van der Waals surface area contributed by atoms with Crippen molar-refractivity contribution in [2.45, 2.75) is 69.0 Å². The lowest BCUT2D eigenvalue weighted by molar-refractivity contribution is -0.140. The molecule has 2 aromatic carbocycles. The molecule has 1 fully saturated rings. The van der Waals surface area contributed by atoms with E-state index in [4.69, 9.17) is 23.2 Å². The van der Waals surface area contributed by atoms with Gasteiger partial charge in [0.1, 0.15) is 6.04 Å². The summed E-state index contributed by atoms with van der Waals surface area (Å²) in [5.74, 6) is 0.520. The SMILES string of the molecule is C[C@@H](C(=O)NC1CCCCC1)N(Cc1ccc(Cl)cc1)C(=O)CCSc1ccc(Cl)cc1. The van der Waals surface area contributed by atoms with Crippen LogP contribution in [0.5, 0.6) is 0 Å². The molecule has 1 saturated carbocycles. The highest BCUT2D eigenvalue weighted by atomic mass is 35.5. The van der Waals surface area contributed by atoms with Gasteiger partial charge in [0, 0.05) is 39.7 Å². The fourth-order valence-corrected chi connectivity index (χ4v) is 4.96. The smallest absolute Gasteiger partial charge is 0.242 e. The summed E-state index contributed by atoms with van der Waals surface area (Å²) in [6.45, 7) is 2.19. The van der Waals surface area contributed by atoms with Gasteiger partial charge in [-0.25, -0.2) is 0 Å². The lowest BCUT2D eigenvalue weighted by atomic mass is 9.95. The van der Waals surface area contributed by atoms with Crippen LogP contribution in [0.1, 0.15) is 51.0 Å². The maximum atomic E-state index is 13.2. The Morgan fingerprint density at radius 2 is 1.59 bits per heavy atom. The van der Waals surface area contributed by atoms with Crippen LogP contribution in [0.3, 0.4) is 0 Å². The summed E-state index contributed by atoms with van der Waals surface area (Å²) >= 11 is 13.6. The normalized spacial score (nSPS) is 15.2. The van der Waals surface area contributed by atoms with Crippen molar-refractivity contribution in [1.29, 1.82) is 0 Å². The molecule has 3 rings (SSSR count). The number of carbonyl (C=O) groups is 2. The van der Waals surface area contributed by atoms with Crippen LogP contribution in [0.2, 0.25) is 10.0 Å². The van der Waals surface area contributed by atoms with E-state index in [-0.39, 0.29) is 17.9 Å². The molecule has 2 amide bonds. The Balaban J connectivity index is 1.64. The summed E-state index contributed by atoms with van der Waals surface area (Å²) in [6.07, 6.45) is 5.91. The van der Waals surface area contributed by atoms with Crippen LogP contribution in [0.15, 0.2) is 53.4 Å². The molecule has 0 bridgehead atoms. The lowest BCUT2D eigenvalue weighted by Crippen LogP contribution is -2.50. The number of rotatable bonds is 9. The van der Waals surface area contributed by atoms with Gasteiger partial charge in [-0.05, 0) is 61.7 Å². The molecular weight excluding hydrogens is 463 g/mol. The standard InChI is InChI=1S/C25H30Cl2N2O2S/c1-18(25(31)28-22-5-3-2-4-6-22)29(17-19-7-9-20(26)10-8-19)24(30)15-16-32-23-13-11-21(27)12-14-23/h7-14,18,22H,2-6,15-17H2,1H3,(H,28,31)/t18-/m0/s1. The number of amides is 2. The summed E-state index contributed by atoms with van der Waals surface area (Å²) in [4.78, 5) is 28.9. The number of nitrogens with one attached hydrogen (secondary N) is 1. The number of nitrogens with zero attached hydrogens (tertiary/aromatic N) is 1. The third-order valence-electron chi connectivity index (χ3n) is 5.78. The van der Waals surface area contributed by atoms with Gasteiger partial charge in [0.25, 0.3) is 0 Å². The summed E-state index contributed by atoms with van der Waals surface area (Å²) < 4.78 is 0. The second kappa shape index (κ2) is 12.5. The van der Waals surface area contributed by atoms with E-state index in [0.29, 0.717) is 28.8 Å². The maximum absolute atomic E-state index is 13.2. The lowest BCUT2D eigenvalue weighted by Gasteiger charge is -2.31. The van der Waals surface area contributed by atoms with Crippen LogP contribution in [0.25, 0.3) is 0 Å². The molecular formula is C25H30Cl2N2O2S. The molecule has 0 saturated heterocycles. The molecule has 172 valence electrons. The van der Waals surface area contributed by atoms with Gasteiger partial charge in [0.15, 0.2) is 0 Å². The first-order chi connectivity index (χ1) is 15.4. The molecule has 0 heterocycles. The zero-order valence-electron chi connectivity index (χ0n) is 18.4. The average Bonchev–Trinajstić information content (AvgIpc) is 2.80. The molecule has 32 heavy (non-hydrogen) atoms. The van der Waals surface area contributed by atoms with Crippen LogP contribution >= 0.6 is 35.0 Å². The fraction of sp³-hybridized carbons (Fsp3) is 0.440. The van der Waals surface area contributed by atoms with Gasteiger partial charge in [-0.1, -0.05) is 54.6 Å². The van der Waals surface area contributed by atoms with Gasteiger partial charge >= 0.3 is 0 Å². The first kappa shape index (κ1) is 24.9. The molecule has 0 aliphatic heterocycles. The van der Waals surface area contributed by atoms with E-state index in [1.807, 2.05) is 55.5 Å². The first-order valence-corrected chi connectivity index (χ1v) is 12.9. The molecule has 7 heteroatoms. The minimum absolute atomic E-state index is 0.0345. The van der Waals surface area contributed by atoms with Gasteiger partial charge in [-0.15, -0.1) is 11.8 Å². The summed E-state index contributed by atoms with van der Waals surface area (Å²) in [7, 11) is 0. The van der Waals surface area contributed by atoms with E-state index in [9.17, 15) is 9.59 Å². The molecule has 0 radical (unpaired) electrons. The van der Waals surface area contributed by atoms with Crippen molar-refractivity contribution in [3.8, 4) is 0 Å². The first-order valence-electron chi connectivity index (χ1n) is 11.1. The molecule has 0 unspecified atom stereocenters. The number of benzene rings is 2. The second-order valence-corrected chi connectivity index (χ2v) is 10.3. The van der Waals surface area contributed by atoms with Crippen LogP contribution in [-0.2, 0) is 16.1 Å². The largest absolute Gasteiger partial charge is 0.352 e. The van der Waals surface area contributed by atoms with Gasteiger partial charge in [-0.3, -0.25) is 9.59 Å². The summed E-state index contributed by atoms with van der Waals surface area (Å²) in [5.41, 5.74) is 0.949. The third-order valence-corrected chi connectivity index (χ3v) is 7.30. The van der Waals surface area contributed by atoms with Crippen molar-refractivity contribution in [2.75, 3.05) is 5.75 Å². The molecule has 0 aromatic heterocycles. The molecule has 1 atom stereocenters. The Bertz CT molecular complexity index is 884. The zero-order chi connectivity index (χ0) is 22.9. The highest BCUT2D eigenvalue weighted by molar-refractivity contribution is 7.99. The zero-order valence-corrected chi connectivity index (χ0v) is 20.7. The predicted octanol–water partition coefficient (Wildman–Crippen LogP) is 6.34. The van der Waals surface area contributed by atoms with Crippen LogP contribution in [-0.4, -0.2) is 34.6 Å². The molecule has 1 aliphatic carbocycles. The van der Waals surface area contributed by atoms with E-state index < -0.39 is 6.04 Å². The van der Waals surface area contributed by atoms with Crippen molar-refractivity contribution in [3.05, 3.63) is 64.1 Å². The molecule has 1 N–H and O–H groups in total. The Morgan fingerprint density at radius 3 is 2.22 bits per heavy atom. The molecule has 1 aliphatic rings. The van der Waals surface area contributed by atoms with Gasteiger partial charge in [0.2, 0.25) is 11.8 Å². The van der Waals surface area contributed by atoms with Crippen LogP contribution in [0, 0.1) is 0 Å². The Kier molecular flexibility index (Phi) is 9.76. The van der Waals surface area contributed by atoms with Crippen molar-refractivity contribution in [3.63, 3.8) is 0 Å². The highest BCUT2D eigenvalue weighted by Crippen LogP contribution is 2.23. The third kappa shape index (κ3) is 7.72. The van der Waals surface area contributed by atoms with Crippen LogP contribution < -0.4 is 5.32 Å². The summed E-state index contributed by atoms with van der Waals surface area (Å²) in [5, 5.41) is 4.50. The van der Waals surface area contributed by atoms with Gasteiger partial charge in [0.05, 0.1) is 0 Å². The highest BCUT2D eigenvalue weighted by Gasteiger charge is 2.27. The Hall–Kier alpha value is -1.69. The second-order valence-electron chi connectivity index (χ2n) is 8.22. The molecule has 0 spiro atoms. The number of carbonyl (C=O) groups excluding carboxylic acids is 2.